The van der Waals surface area contributed by atoms with Gasteiger partial charge in [-0.25, -0.2) is 0 Å². The Kier molecular flexibility index (Phi) is 11.6. The number of amides is 1. The Hall–Kier alpha value is -4.85. The van der Waals surface area contributed by atoms with Gasteiger partial charge in [0, 0.05) is 49.6 Å². The minimum atomic E-state index is -0.419. The molecule has 1 aliphatic heterocycles. The molecule has 1 atom stereocenters. The summed E-state index contributed by atoms with van der Waals surface area (Å²) in [7, 11) is 0. The molecule has 0 spiro atoms. The van der Waals surface area contributed by atoms with Crippen LogP contribution >= 0.6 is 0 Å². The first-order chi connectivity index (χ1) is 22.5. The number of nitrogens with one attached hydrogen (secondary N) is 1. The molecule has 0 bridgehead atoms. The van der Waals surface area contributed by atoms with Gasteiger partial charge in [0.1, 0.15) is 5.75 Å². The highest BCUT2D eigenvalue weighted by atomic mass is 16.5. The van der Waals surface area contributed by atoms with Crippen LogP contribution in [0.5, 0.6) is 5.75 Å². The van der Waals surface area contributed by atoms with Crippen molar-refractivity contribution in [3.63, 3.8) is 0 Å². The standard InChI is InChI=1S/C39H42N4O3/c1-3-5-10-30(4-2)25-38(44)46-36-17-14-32(15-18-36)37(39(45)41-35-16-13-34-27-40-20-19-33(34)26-35)29-43-22-9-21-42(23-24-43)28-31-11-7-6-8-12-31/h3-8,10-20,26-27,37H,1,9,21-25,28-29H2,2H3,(H,41,45)/b10-5-,30-4+. The zero-order chi connectivity index (χ0) is 32.1. The van der Waals surface area contributed by atoms with E-state index in [1.807, 2.05) is 67.7 Å². The van der Waals surface area contributed by atoms with E-state index in [-0.39, 0.29) is 18.3 Å². The molecule has 2 heterocycles. The minimum absolute atomic E-state index is 0.0738. The number of hydrogen-bond donors (Lipinski definition) is 1. The van der Waals surface area contributed by atoms with Crippen LogP contribution in [0.1, 0.15) is 36.8 Å². The smallest absolute Gasteiger partial charge is 0.315 e. The van der Waals surface area contributed by atoms with E-state index in [4.69, 9.17) is 4.74 Å². The molecular weight excluding hydrogens is 572 g/mol. The van der Waals surface area contributed by atoms with Crippen LogP contribution in [0, 0.1) is 0 Å². The number of benzene rings is 3. The van der Waals surface area contributed by atoms with Crippen LogP contribution in [0.4, 0.5) is 5.69 Å². The zero-order valence-corrected chi connectivity index (χ0v) is 26.5. The molecule has 1 fully saturated rings. The van der Waals surface area contributed by atoms with Crippen molar-refractivity contribution in [1.29, 1.82) is 0 Å². The van der Waals surface area contributed by atoms with Gasteiger partial charge >= 0.3 is 5.97 Å². The summed E-state index contributed by atoms with van der Waals surface area (Å²) in [6.07, 6.45) is 11.9. The third kappa shape index (κ3) is 9.33. The number of hydrogen-bond acceptors (Lipinski definition) is 6. The summed E-state index contributed by atoms with van der Waals surface area (Å²) < 4.78 is 5.62. The molecule has 1 aliphatic rings. The lowest BCUT2D eigenvalue weighted by molar-refractivity contribution is -0.133. The predicted molar refractivity (Wildman–Crippen MR) is 186 cm³/mol. The van der Waals surface area contributed by atoms with Gasteiger partial charge in [-0.15, -0.1) is 0 Å². The summed E-state index contributed by atoms with van der Waals surface area (Å²) in [5, 5.41) is 5.20. The predicted octanol–water partition coefficient (Wildman–Crippen LogP) is 7.15. The van der Waals surface area contributed by atoms with E-state index in [2.05, 4.69) is 50.9 Å². The summed E-state index contributed by atoms with van der Waals surface area (Å²) in [4.78, 5) is 35.6. The van der Waals surface area contributed by atoms with E-state index >= 15 is 0 Å². The van der Waals surface area contributed by atoms with Gasteiger partial charge in [0.05, 0.1) is 12.3 Å². The van der Waals surface area contributed by atoms with Crippen LogP contribution in [0.15, 0.2) is 128 Å². The highest BCUT2D eigenvalue weighted by Crippen LogP contribution is 2.25. The second-order valence-electron chi connectivity index (χ2n) is 11.6. The highest BCUT2D eigenvalue weighted by molar-refractivity contribution is 5.98. The molecule has 1 saturated heterocycles. The Labute approximate surface area is 271 Å². The Balaban J connectivity index is 1.30. The van der Waals surface area contributed by atoms with Crippen molar-refractivity contribution < 1.29 is 14.3 Å². The number of pyridine rings is 1. The van der Waals surface area contributed by atoms with Crippen LogP contribution in [0.3, 0.4) is 0 Å². The molecular formula is C39H42N4O3. The van der Waals surface area contributed by atoms with Gasteiger partial charge in [-0.2, -0.15) is 0 Å². The van der Waals surface area contributed by atoms with Gasteiger partial charge in [-0.3, -0.25) is 19.5 Å². The number of anilines is 1. The van der Waals surface area contributed by atoms with Crippen LogP contribution in [-0.2, 0) is 16.1 Å². The lowest BCUT2D eigenvalue weighted by Crippen LogP contribution is -2.37. The summed E-state index contributed by atoms with van der Waals surface area (Å²) in [6, 6.07) is 25.7. The van der Waals surface area contributed by atoms with Gasteiger partial charge in [0.15, 0.2) is 0 Å². The van der Waals surface area contributed by atoms with E-state index in [1.165, 1.54) is 5.56 Å². The van der Waals surface area contributed by atoms with Crippen molar-refractivity contribution in [1.82, 2.24) is 14.8 Å². The molecule has 7 nitrogen and oxygen atoms in total. The first kappa shape index (κ1) is 32.5. The van der Waals surface area contributed by atoms with Crippen molar-refractivity contribution in [2.75, 3.05) is 38.0 Å². The average molecular weight is 615 g/mol. The van der Waals surface area contributed by atoms with Crippen LogP contribution in [-0.4, -0.2) is 59.4 Å². The number of nitrogens with zero attached hydrogens (tertiary/aromatic N) is 3. The van der Waals surface area contributed by atoms with Crippen LogP contribution in [0.25, 0.3) is 10.8 Å². The Morgan fingerprint density at radius 2 is 1.74 bits per heavy atom. The number of fused-ring (bicyclic) bond motifs is 1. The molecule has 0 radical (unpaired) electrons. The highest BCUT2D eigenvalue weighted by Gasteiger charge is 2.26. The molecule has 4 aromatic rings. The third-order valence-electron chi connectivity index (χ3n) is 8.28. The lowest BCUT2D eigenvalue weighted by Gasteiger charge is -2.26. The number of rotatable bonds is 12. The topological polar surface area (TPSA) is 74.8 Å². The van der Waals surface area contributed by atoms with Crippen LogP contribution in [0.2, 0.25) is 0 Å². The number of esters is 1. The maximum atomic E-state index is 14.0. The SMILES string of the molecule is C=C/C=C\C(=C/C)CC(=O)Oc1ccc(C(CN2CCCN(Cc3ccccc3)CC2)C(=O)Nc2ccc3cnccc3c2)cc1. The lowest BCUT2D eigenvalue weighted by atomic mass is 9.96. The maximum absolute atomic E-state index is 14.0. The first-order valence-corrected chi connectivity index (χ1v) is 15.9. The fourth-order valence-electron chi connectivity index (χ4n) is 5.75. The first-order valence-electron chi connectivity index (χ1n) is 15.9. The van der Waals surface area contributed by atoms with Gasteiger partial charge in [0.25, 0.3) is 0 Å². The summed E-state index contributed by atoms with van der Waals surface area (Å²) in [6.45, 7) is 10.8. The van der Waals surface area contributed by atoms with Gasteiger partial charge in [-0.05, 0) is 78.9 Å². The molecule has 0 saturated carbocycles. The molecule has 7 heteroatoms. The molecule has 1 amide bonds. The summed E-state index contributed by atoms with van der Waals surface area (Å²) in [5.41, 5.74) is 3.78. The molecule has 1 aromatic heterocycles. The Bertz CT molecular complexity index is 1680. The number of ether oxygens (including phenoxy) is 1. The fourth-order valence-corrected chi connectivity index (χ4v) is 5.75. The van der Waals surface area contributed by atoms with Crippen molar-refractivity contribution in [2.24, 2.45) is 0 Å². The molecule has 1 N–H and O–H groups in total. The van der Waals surface area contributed by atoms with E-state index in [0.717, 1.165) is 66.7 Å². The van der Waals surface area contributed by atoms with E-state index in [1.54, 1.807) is 30.5 Å². The second kappa shape index (κ2) is 16.5. The third-order valence-corrected chi connectivity index (χ3v) is 8.28. The number of aromatic nitrogens is 1. The molecule has 236 valence electrons. The van der Waals surface area contributed by atoms with Crippen LogP contribution < -0.4 is 10.1 Å². The van der Waals surface area contributed by atoms with E-state index in [0.29, 0.717) is 12.3 Å². The fraction of sp³-hybridized carbons (Fsp3) is 0.256. The quantitative estimate of drug-likeness (QED) is 0.104. The Morgan fingerprint density at radius 1 is 0.957 bits per heavy atom. The Morgan fingerprint density at radius 3 is 2.52 bits per heavy atom. The zero-order valence-electron chi connectivity index (χ0n) is 26.5. The molecule has 46 heavy (non-hydrogen) atoms. The molecule has 3 aromatic carbocycles. The number of carbonyl (C=O) groups excluding carboxylic acids is 2. The number of carbonyl (C=O) groups is 2. The molecule has 5 rings (SSSR count). The van der Waals surface area contributed by atoms with Crippen molar-refractivity contribution in [3.8, 4) is 5.75 Å². The maximum Gasteiger partial charge on any atom is 0.315 e. The largest absolute Gasteiger partial charge is 0.426 e. The summed E-state index contributed by atoms with van der Waals surface area (Å²) >= 11 is 0. The monoisotopic (exact) mass is 614 g/mol. The average Bonchev–Trinajstić information content (AvgIpc) is 3.31. The van der Waals surface area contributed by atoms with Crippen molar-refractivity contribution in [2.45, 2.75) is 32.2 Å². The van der Waals surface area contributed by atoms with Crippen molar-refractivity contribution >= 4 is 28.3 Å². The number of allylic oxidation sites excluding steroid dienone is 4. The molecule has 1 unspecified atom stereocenters. The van der Waals surface area contributed by atoms with Crippen molar-refractivity contribution in [3.05, 3.63) is 139 Å². The minimum Gasteiger partial charge on any atom is -0.426 e. The van der Waals surface area contributed by atoms with E-state index < -0.39 is 5.92 Å². The normalized spacial score (nSPS) is 15.4. The van der Waals surface area contributed by atoms with Gasteiger partial charge in [0.2, 0.25) is 5.91 Å². The van der Waals surface area contributed by atoms with E-state index in [9.17, 15) is 9.59 Å². The van der Waals surface area contributed by atoms with Gasteiger partial charge in [-0.1, -0.05) is 79.4 Å². The molecule has 0 aliphatic carbocycles. The van der Waals surface area contributed by atoms with Gasteiger partial charge < -0.3 is 15.0 Å². The summed E-state index contributed by atoms with van der Waals surface area (Å²) in [5.74, 6) is -0.391. The second-order valence-corrected chi connectivity index (χ2v) is 11.6.